The van der Waals surface area contributed by atoms with Crippen LogP contribution in [0.5, 0.6) is 0 Å². The van der Waals surface area contributed by atoms with Crippen LogP contribution in [0, 0.1) is 0 Å². The summed E-state index contributed by atoms with van der Waals surface area (Å²) in [7, 11) is 0. The molecule has 1 aliphatic carbocycles. The number of halogens is 2. The molecule has 1 N–H and O–H groups in total. The topological polar surface area (TPSA) is 55.1 Å². The van der Waals surface area contributed by atoms with Gasteiger partial charge in [-0.1, -0.05) is 36.0 Å². The van der Waals surface area contributed by atoms with E-state index in [0.717, 1.165) is 25.7 Å². The summed E-state index contributed by atoms with van der Waals surface area (Å²) in [6, 6.07) is 1.96. The maximum atomic E-state index is 11.4. The highest BCUT2D eigenvalue weighted by Gasteiger charge is 2.25. The lowest BCUT2D eigenvalue weighted by atomic mass is 10.1. The first kappa shape index (κ1) is 13.9. The highest BCUT2D eigenvalue weighted by atomic mass is 35.5. The summed E-state index contributed by atoms with van der Waals surface area (Å²) in [6.45, 7) is 0. The third-order valence-electron chi connectivity index (χ3n) is 3.57. The lowest BCUT2D eigenvalue weighted by molar-refractivity contribution is 0.0697. The quantitative estimate of drug-likeness (QED) is 0.884. The summed E-state index contributed by atoms with van der Waals surface area (Å²) >= 11 is 13.3. The van der Waals surface area contributed by atoms with Gasteiger partial charge >= 0.3 is 5.97 Å². The second-order valence-corrected chi connectivity index (χ2v) is 7.14. The van der Waals surface area contributed by atoms with Crippen LogP contribution in [0.3, 0.4) is 0 Å². The minimum atomic E-state index is -0.998. The Labute approximate surface area is 129 Å². The van der Waals surface area contributed by atoms with E-state index in [9.17, 15) is 9.90 Å². The molecule has 3 rings (SSSR count). The molecule has 1 saturated carbocycles. The Morgan fingerprint density at radius 3 is 2.65 bits per heavy atom. The standard InChI is InChI=1S/C13H12Cl2N2O2S/c14-10-5-8(12(15)20-10)11-9(13(18)19)6-17(16-11)7-3-1-2-4-7/h5-7H,1-4H2,(H,18,19). The number of hydrogen-bond acceptors (Lipinski definition) is 3. The first-order valence-electron chi connectivity index (χ1n) is 6.34. The molecule has 0 radical (unpaired) electrons. The molecule has 0 spiro atoms. The van der Waals surface area contributed by atoms with E-state index in [1.165, 1.54) is 11.3 Å². The summed E-state index contributed by atoms with van der Waals surface area (Å²) in [5.41, 5.74) is 1.17. The van der Waals surface area contributed by atoms with E-state index < -0.39 is 5.97 Å². The Bertz CT molecular complexity index is 659. The number of carboxylic acids is 1. The van der Waals surface area contributed by atoms with Crippen LogP contribution in [0.25, 0.3) is 11.3 Å². The van der Waals surface area contributed by atoms with Gasteiger partial charge in [0.1, 0.15) is 15.6 Å². The zero-order chi connectivity index (χ0) is 14.3. The van der Waals surface area contributed by atoms with E-state index in [1.807, 2.05) is 0 Å². The number of carbonyl (C=O) groups is 1. The van der Waals surface area contributed by atoms with Gasteiger partial charge in [-0.05, 0) is 18.9 Å². The third kappa shape index (κ3) is 2.45. The predicted octanol–water partition coefficient (Wildman–Crippen LogP) is 4.73. The second-order valence-electron chi connectivity index (χ2n) is 4.85. The van der Waals surface area contributed by atoms with Crippen molar-refractivity contribution < 1.29 is 9.90 Å². The van der Waals surface area contributed by atoms with Gasteiger partial charge in [0.15, 0.2) is 0 Å². The number of rotatable bonds is 3. The van der Waals surface area contributed by atoms with Crippen molar-refractivity contribution in [1.82, 2.24) is 9.78 Å². The normalized spacial score (nSPS) is 15.9. The van der Waals surface area contributed by atoms with Crippen LogP contribution in [-0.2, 0) is 0 Å². The Morgan fingerprint density at radius 2 is 2.10 bits per heavy atom. The number of thiophene rings is 1. The van der Waals surface area contributed by atoms with Gasteiger partial charge in [-0.15, -0.1) is 11.3 Å². The molecular weight excluding hydrogens is 319 g/mol. The fraction of sp³-hybridized carbons (Fsp3) is 0.385. The molecule has 2 heterocycles. The molecule has 0 amide bonds. The monoisotopic (exact) mass is 330 g/mol. The van der Waals surface area contributed by atoms with Crippen molar-refractivity contribution in [3.05, 3.63) is 26.5 Å². The van der Waals surface area contributed by atoms with E-state index in [4.69, 9.17) is 23.2 Å². The molecule has 0 aromatic carbocycles. The molecular formula is C13H12Cl2N2O2S. The van der Waals surface area contributed by atoms with Gasteiger partial charge in [-0.2, -0.15) is 5.10 Å². The average molecular weight is 331 g/mol. The Morgan fingerprint density at radius 1 is 1.40 bits per heavy atom. The van der Waals surface area contributed by atoms with Gasteiger partial charge < -0.3 is 5.11 Å². The fourth-order valence-electron chi connectivity index (χ4n) is 2.60. The van der Waals surface area contributed by atoms with Crippen molar-refractivity contribution in [3.8, 4) is 11.3 Å². The van der Waals surface area contributed by atoms with Crippen LogP contribution >= 0.6 is 34.5 Å². The van der Waals surface area contributed by atoms with Gasteiger partial charge in [0, 0.05) is 11.8 Å². The average Bonchev–Trinajstić information content (AvgIpc) is 3.07. The Kier molecular flexibility index (Phi) is 3.75. The van der Waals surface area contributed by atoms with E-state index in [0.29, 0.717) is 19.9 Å². The molecule has 7 heteroatoms. The first-order valence-corrected chi connectivity index (χ1v) is 7.91. The zero-order valence-electron chi connectivity index (χ0n) is 10.5. The van der Waals surface area contributed by atoms with Crippen molar-refractivity contribution in [1.29, 1.82) is 0 Å². The second kappa shape index (κ2) is 5.39. The van der Waals surface area contributed by atoms with Gasteiger partial charge in [-0.3, -0.25) is 4.68 Å². The number of aromatic carboxylic acids is 1. The number of hydrogen-bond donors (Lipinski definition) is 1. The maximum absolute atomic E-state index is 11.4. The predicted molar refractivity (Wildman–Crippen MR) is 80.0 cm³/mol. The molecule has 20 heavy (non-hydrogen) atoms. The molecule has 0 atom stereocenters. The molecule has 106 valence electrons. The molecule has 2 aromatic heterocycles. The molecule has 0 unspecified atom stereocenters. The van der Waals surface area contributed by atoms with Crippen LogP contribution in [0.2, 0.25) is 8.67 Å². The highest BCUT2D eigenvalue weighted by Crippen LogP contribution is 2.39. The Balaban J connectivity index is 2.08. The minimum Gasteiger partial charge on any atom is -0.478 e. The van der Waals surface area contributed by atoms with Crippen LogP contribution in [0.15, 0.2) is 12.3 Å². The zero-order valence-corrected chi connectivity index (χ0v) is 12.8. The lowest BCUT2D eigenvalue weighted by Crippen LogP contribution is -2.05. The molecule has 1 aliphatic rings. The lowest BCUT2D eigenvalue weighted by Gasteiger charge is -2.08. The summed E-state index contributed by atoms with van der Waals surface area (Å²) in [5.74, 6) is -0.998. The molecule has 2 aromatic rings. The SMILES string of the molecule is O=C(O)c1cn(C2CCCC2)nc1-c1cc(Cl)sc1Cl. The fourth-order valence-corrected chi connectivity index (χ4v) is 4.07. The molecule has 1 fully saturated rings. The molecule has 0 aliphatic heterocycles. The third-order valence-corrected chi connectivity index (χ3v) is 5.06. The highest BCUT2D eigenvalue weighted by molar-refractivity contribution is 7.20. The van der Waals surface area contributed by atoms with Crippen molar-refractivity contribution in [2.75, 3.05) is 0 Å². The molecule has 0 saturated heterocycles. The van der Waals surface area contributed by atoms with Crippen molar-refractivity contribution >= 4 is 40.5 Å². The number of nitrogens with zero attached hydrogens (tertiary/aromatic N) is 2. The summed E-state index contributed by atoms with van der Waals surface area (Å²) < 4.78 is 2.76. The largest absolute Gasteiger partial charge is 0.478 e. The minimum absolute atomic E-state index is 0.174. The van der Waals surface area contributed by atoms with E-state index in [1.54, 1.807) is 16.9 Å². The summed E-state index contributed by atoms with van der Waals surface area (Å²) in [5, 5.41) is 13.8. The molecule has 4 nitrogen and oxygen atoms in total. The summed E-state index contributed by atoms with van der Waals surface area (Å²) in [6.07, 6.45) is 6.01. The van der Waals surface area contributed by atoms with Gasteiger partial charge in [0.2, 0.25) is 0 Å². The smallest absolute Gasteiger partial charge is 0.339 e. The van der Waals surface area contributed by atoms with Crippen molar-refractivity contribution in [3.63, 3.8) is 0 Å². The van der Waals surface area contributed by atoms with Crippen LogP contribution in [0.4, 0.5) is 0 Å². The maximum Gasteiger partial charge on any atom is 0.339 e. The molecule has 0 bridgehead atoms. The van der Waals surface area contributed by atoms with E-state index in [2.05, 4.69) is 5.10 Å². The van der Waals surface area contributed by atoms with Crippen molar-refractivity contribution in [2.45, 2.75) is 31.7 Å². The van der Waals surface area contributed by atoms with Crippen LogP contribution < -0.4 is 0 Å². The summed E-state index contributed by atoms with van der Waals surface area (Å²) in [4.78, 5) is 11.4. The van der Waals surface area contributed by atoms with E-state index >= 15 is 0 Å². The van der Waals surface area contributed by atoms with Crippen LogP contribution in [-0.4, -0.2) is 20.9 Å². The van der Waals surface area contributed by atoms with Crippen LogP contribution in [0.1, 0.15) is 42.1 Å². The van der Waals surface area contributed by atoms with Gasteiger partial charge in [0.05, 0.1) is 10.4 Å². The number of aromatic nitrogens is 2. The van der Waals surface area contributed by atoms with Crippen molar-refractivity contribution in [2.24, 2.45) is 0 Å². The van der Waals surface area contributed by atoms with Gasteiger partial charge in [-0.25, -0.2) is 4.79 Å². The van der Waals surface area contributed by atoms with E-state index in [-0.39, 0.29) is 11.6 Å². The number of carboxylic acid groups (broad SMARTS) is 1. The van der Waals surface area contributed by atoms with Gasteiger partial charge in [0.25, 0.3) is 0 Å². The first-order chi connectivity index (χ1) is 9.56. The Hall–Kier alpha value is -1.04.